The number of thiazole rings is 1. The summed E-state index contributed by atoms with van der Waals surface area (Å²) in [5, 5.41) is 0.805. The molecule has 11 heteroatoms. The third-order valence-electron chi connectivity index (χ3n) is 5.12. The van der Waals surface area contributed by atoms with Gasteiger partial charge in [0.25, 0.3) is 10.0 Å². The molecular weight excluding hydrogens is 386 g/mol. The van der Waals surface area contributed by atoms with Crippen LogP contribution in [-0.4, -0.2) is 96.9 Å². The zero-order chi connectivity index (χ0) is 18.9. The van der Waals surface area contributed by atoms with Crippen molar-refractivity contribution in [3.63, 3.8) is 0 Å². The van der Waals surface area contributed by atoms with Crippen LogP contribution in [0.25, 0.3) is 0 Å². The number of nitrogens with one attached hydrogen (secondary N) is 1. The van der Waals surface area contributed by atoms with Crippen LogP contribution >= 0.6 is 11.3 Å². The van der Waals surface area contributed by atoms with Gasteiger partial charge in [0.15, 0.2) is 9.34 Å². The van der Waals surface area contributed by atoms with Gasteiger partial charge in [-0.15, -0.1) is 0 Å². The average Bonchev–Trinajstić information content (AvgIpc) is 3.35. The van der Waals surface area contributed by atoms with Crippen LogP contribution in [0.5, 0.6) is 0 Å². The SMILES string of the molecule is CN1CCN(c2ncc(S(=O)(=O)N3CCN(Cc4cnc[nH]4)CC3)s2)CC1. The van der Waals surface area contributed by atoms with Crippen molar-refractivity contribution < 1.29 is 8.42 Å². The Morgan fingerprint density at radius 2 is 1.81 bits per heavy atom. The summed E-state index contributed by atoms with van der Waals surface area (Å²) in [6, 6.07) is 0. The molecule has 4 heterocycles. The highest BCUT2D eigenvalue weighted by Crippen LogP contribution is 2.29. The van der Waals surface area contributed by atoms with E-state index in [0.29, 0.717) is 30.4 Å². The highest BCUT2D eigenvalue weighted by atomic mass is 32.2. The molecule has 0 amide bonds. The minimum atomic E-state index is -3.47. The van der Waals surface area contributed by atoms with Gasteiger partial charge in [-0.05, 0) is 7.05 Å². The van der Waals surface area contributed by atoms with Gasteiger partial charge in [-0.2, -0.15) is 4.31 Å². The number of anilines is 1. The summed E-state index contributed by atoms with van der Waals surface area (Å²) in [6.45, 7) is 6.90. The third kappa shape index (κ3) is 4.16. The fourth-order valence-electron chi connectivity index (χ4n) is 3.38. The summed E-state index contributed by atoms with van der Waals surface area (Å²) in [4.78, 5) is 18.2. The first kappa shape index (κ1) is 18.8. The van der Waals surface area contributed by atoms with E-state index >= 15 is 0 Å². The lowest BCUT2D eigenvalue weighted by Gasteiger charge is -2.33. The second-order valence-electron chi connectivity index (χ2n) is 7.01. The molecule has 9 nitrogen and oxygen atoms in total. The van der Waals surface area contributed by atoms with Crippen molar-refractivity contribution >= 4 is 26.5 Å². The Balaban J connectivity index is 1.37. The van der Waals surface area contributed by atoms with E-state index in [4.69, 9.17) is 0 Å². The zero-order valence-electron chi connectivity index (χ0n) is 15.4. The second-order valence-corrected chi connectivity index (χ2v) is 10.2. The van der Waals surface area contributed by atoms with Gasteiger partial charge in [-0.1, -0.05) is 11.3 Å². The van der Waals surface area contributed by atoms with Gasteiger partial charge in [0.2, 0.25) is 0 Å². The lowest BCUT2D eigenvalue weighted by atomic mass is 10.3. The van der Waals surface area contributed by atoms with Crippen molar-refractivity contribution in [2.75, 3.05) is 64.3 Å². The van der Waals surface area contributed by atoms with Crippen molar-refractivity contribution in [1.29, 1.82) is 0 Å². The third-order valence-corrected chi connectivity index (χ3v) is 8.51. The number of hydrogen-bond donors (Lipinski definition) is 1. The molecule has 27 heavy (non-hydrogen) atoms. The van der Waals surface area contributed by atoms with Crippen molar-refractivity contribution in [2.45, 2.75) is 10.8 Å². The Kier molecular flexibility index (Phi) is 5.46. The fraction of sp³-hybridized carbons (Fsp3) is 0.625. The van der Waals surface area contributed by atoms with Crippen LogP contribution < -0.4 is 4.90 Å². The standard InChI is InChI=1S/C16H25N7O2S2/c1-20-2-6-22(7-3-20)16-18-11-15(26-16)27(24,25)23-8-4-21(5-9-23)12-14-10-17-13-19-14/h10-11,13H,2-9,12H2,1H3,(H,17,19). The van der Waals surface area contributed by atoms with Gasteiger partial charge >= 0.3 is 0 Å². The molecule has 2 aromatic heterocycles. The number of piperazine rings is 2. The maximum Gasteiger partial charge on any atom is 0.254 e. The molecule has 0 spiro atoms. The largest absolute Gasteiger partial charge is 0.347 e. The molecule has 2 saturated heterocycles. The van der Waals surface area contributed by atoms with Crippen LogP contribution in [0.15, 0.2) is 22.9 Å². The Hall–Kier alpha value is -1.53. The molecule has 0 radical (unpaired) electrons. The van der Waals surface area contributed by atoms with Crippen molar-refractivity contribution in [2.24, 2.45) is 0 Å². The minimum Gasteiger partial charge on any atom is -0.347 e. The Morgan fingerprint density at radius 3 is 2.48 bits per heavy atom. The number of nitrogens with zero attached hydrogens (tertiary/aromatic N) is 6. The van der Waals surface area contributed by atoms with E-state index in [2.05, 4.69) is 36.7 Å². The van der Waals surface area contributed by atoms with Crippen LogP contribution in [-0.2, 0) is 16.6 Å². The van der Waals surface area contributed by atoms with Gasteiger partial charge in [0.05, 0.1) is 12.5 Å². The van der Waals surface area contributed by atoms with E-state index in [1.165, 1.54) is 17.5 Å². The Bertz CT molecular complexity index is 836. The molecule has 1 N–H and O–H groups in total. The van der Waals surface area contributed by atoms with Gasteiger partial charge in [-0.25, -0.2) is 18.4 Å². The number of hydrogen-bond acceptors (Lipinski definition) is 8. The highest BCUT2D eigenvalue weighted by Gasteiger charge is 2.31. The molecule has 0 aliphatic carbocycles. The number of sulfonamides is 1. The van der Waals surface area contributed by atoms with Crippen LogP contribution in [0.3, 0.4) is 0 Å². The maximum absolute atomic E-state index is 13.0. The lowest BCUT2D eigenvalue weighted by Crippen LogP contribution is -2.48. The van der Waals surface area contributed by atoms with E-state index < -0.39 is 10.0 Å². The quantitative estimate of drug-likeness (QED) is 0.748. The van der Waals surface area contributed by atoms with Crippen molar-refractivity contribution in [3.8, 4) is 0 Å². The number of aromatic nitrogens is 3. The van der Waals surface area contributed by atoms with Crippen molar-refractivity contribution in [1.82, 2.24) is 29.1 Å². The molecule has 2 aromatic rings. The molecule has 2 fully saturated rings. The first-order valence-electron chi connectivity index (χ1n) is 9.11. The normalized spacial score (nSPS) is 21.0. The Labute approximate surface area is 163 Å². The monoisotopic (exact) mass is 411 g/mol. The van der Waals surface area contributed by atoms with Gasteiger partial charge < -0.3 is 14.8 Å². The predicted molar refractivity (Wildman–Crippen MR) is 104 cm³/mol. The molecule has 2 aliphatic rings. The van der Waals surface area contributed by atoms with E-state index in [1.807, 2.05) is 0 Å². The van der Waals surface area contributed by atoms with Gasteiger partial charge in [0.1, 0.15) is 0 Å². The summed E-state index contributed by atoms with van der Waals surface area (Å²) in [7, 11) is -1.37. The first-order chi connectivity index (χ1) is 13.0. The van der Waals surface area contributed by atoms with E-state index in [1.54, 1.807) is 16.8 Å². The molecule has 2 aliphatic heterocycles. The average molecular weight is 412 g/mol. The van der Waals surface area contributed by atoms with Gasteiger partial charge in [-0.3, -0.25) is 4.90 Å². The summed E-state index contributed by atoms with van der Waals surface area (Å²) in [5.74, 6) is 0. The second kappa shape index (κ2) is 7.84. The van der Waals surface area contributed by atoms with Crippen LogP contribution in [0.2, 0.25) is 0 Å². The summed E-state index contributed by atoms with van der Waals surface area (Å²) < 4.78 is 27.9. The van der Waals surface area contributed by atoms with Crippen LogP contribution in [0, 0.1) is 0 Å². The molecule has 0 aromatic carbocycles. The number of imidazole rings is 1. The molecule has 4 rings (SSSR count). The summed E-state index contributed by atoms with van der Waals surface area (Å²) in [6.07, 6.45) is 4.99. The number of likely N-dealkylation sites (N-methyl/N-ethyl adjacent to an activating group) is 1. The number of aromatic amines is 1. The van der Waals surface area contributed by atoms with E-state index in [0.717, 1.165) is 43.5 Å². The summed E-state index contributed by atoms with van der Waals surface area (Å²) >= 11 is 1.29. The summed E-state index contributed by atoms with van der Waals surface area (Å²) in [5.41, 5.74) is 1.05. The number of rotatable bonds is 5. The van der Waals surface area contributed by atoms with Crippen LogP contribution in [0.4, 0.5) is 5.13 Å². The molecule has 0 saturated carbocycles. The van der Waals surface area contributed by atoms with E-state index in [-0.39, 0.29) is 0 Å². The molecule has 0 bridgehead atoms. The maximum atomic E-state index is 13.0. The number of H-pyrrole nitrogens is 1. The zero-order valence-corrected chi connectivity index (χ0v) is 17.0. The Morgan fingerprint density at radius 1 is 1.07 bits per heavy atom. The molecule has 148 valence electrons. The highest BCUT2D eigenvalue weighted by molar-refractivity contribution is 7.91. The first-order valence-corrected chi connectivity index (χ1v) is 11.4. The predicted octanol–water partition coefficient (Wildman–Crippen LogP) is 0.125. The smallest absolute Gasteiger partial charge is 0.254 e. The fourth-order valence-corrected chi connectivity index (χ4v) is 6.13. The topological polar surface area (TPSA) is 88.7 Å². The van der Waals surface area contributed by atoms with E-state index in [9.17, 15) is 8.42 Å². The molecule has 0 atom stereocenters. The van der Waals surface area contributed by atoms with Crippen molar-refractivity contribution in [3.05, 3.63) is 24.4 Å². The molecular formula is C16H25N7O2S2. The lowest BCUT2D eigenvalue weighted by molar-refractivity contribution is 0.180. The van der Waals surface area contributed by atoms with Crippen LogP contribution in [0.1, 0.15) is 5.69 Å². The molecule has 0 unspecified atom stereocenters. The van der Waals surface area contributed by atoms with Gasteiger partial charge in [0, 0.05) is 70.8 Å². The minimum absolute atomic E-state index is 0.346.